The van der Waals surface area contributed by atoms with Gasteiger partial charge in [0.1, 0.15) is 6.33 Å². The number of carbonyl (C=O) groups is 1. The predicted octanol–water partition coefficient (Wildman–Crippen LogP) is 3.89. The van der Waals surface area contributed by atoms with E-state index in [-0.39, 0.29) is 33.9 Å². The molecular weight excluding hydrogens is 600 g/mol. The van der Waals surface area contributed by atoms with Gasteiger partial charge in [0.15, 0.2) is 11.5 Å². The van der Waals surface area contributed by atoms with E-state index in [4.69, 9.17) is 9.47 Å². The minimum atomic E-state index is -4.19. The standard InChI is InChI=1S/C26H20N8O9S/c1-42-23-13-22(29-26(30-23)43-2)31-44(40,41)17-9-7-16(8-10-17)28-24-20(33(36)37)11-15(12-21(24)34(38)39)25(35)32-14-27-18-5-3-4-6-19(18)32/h3-14,28H,1-2H3,(H,29,30,31). The number of methoxy groups -OCH3 is 2. The molecule has 0 aliphatic rings. The van der Waals surface area contributed by atoms with Gasteiger partial charge >= 0.3 is 17.4 Å². The number of fused-ring (bicyclic) bond motifs is 1. The minimum Gasteiger partial charge on any atom is -0.481 e. The van der Waals surface area contributed by atoms with E-state index in [1.54, 1.807) is 24.3 Å². The molecule has 0 aliphatic heterocycles. The highest BCUT2D eigenvalue weighted by Crippen LogP contribution is 2.38. The van der Waals surface area contributed by atoms with Gasteiger partial charge in [0.2, 0.25) is 5.88 Å². The van der Waals surface area contributed by atoms with Gasteiger partial charge in [0, 0.05) is 23.9 Å². The zero-order valence-electron chi connectivity index (χ0n) is 22.7. The fourth-order valence-corrected chi connectivity index (χ4v) is 5.11. The van der Waals surface area contributed by atoms with Crippen LogP contribution in [-0.2, 0) is 10.0 Å². The summed E-state index contributed by atoms with van der Waals surface area (Å²) in [5, 5.41) is 26.6. The van der Waals surface area contributed by atoms with Crippen molar-refractivity contribution in [3.63, 3.8) is 0 Å². The number of sulfonamides is 1. The van der Waals surface area contributed by atoms with Crippen LogP contribution in [0.5, 0.6) is 11.9 Å². The lowest BCUT2D eigenvalue weighted by atomic mass is 10.1. The molecule has 44 heavy (non-hydrogen) atoms. The Morgan fingerprint density at radius 3 is 2.18 bits per heavy atom. The lowest BCUT2D eigenvalue weighted by molar-refractivity contribution is -0.392. The molecule has 2 N–H and O–H groups in total. The Labute approximate surface area is 247 Å². The zero-order valence-corrected chi connectivity index (χ0v) is 23.5. The first kappa shape index (κ1) is 29.3. The first-order chi connectivity index (χ1) is 21.0. The number of nitro groups is 2. The Balaban J connectivity index is 1.46. The van der Waals surface area contributed by atoms with Gasteiger partial charge in [-0.25, -0.2) is 13.4 Å². The molecule has 0 radical (unpaired) electrons. The highest BCUT2D eigenvalue weighted by atomic mass is 32.2. The third-order valence-electron chi connectivity index (χ3n) is 6.16. The van der Waals surface area contributed by atoms with Gasteiger partial charge < -0.3 is 14.8 Å². The summed E-state index contributed by atoms with van der Waals surface area (Å²) in [5.41, 5.74) is -1.36. The molecule has 0 bridgehead atoms. The summed E-state index contributed by atoms with van der Waals surface area (Å²) < 4.78 is 39.2. The van der Waals surface area contributed by atoms with Gasteiger partial charge in [-0.05, 0) is 36.4 Å². The van der Waals surface area contributed by atoms with Gasteiger partial charge in [-0.1, -0.05) is 12.1 Å². The molecule has 0 atom stereocenters. The lowest BCUT2D eigenvalue weighted by Gasteiger charge is -2.12. The Hall–Kier alpha value is -6.17. The second-order valence-corrected chi connectivity index (χ2v) is 10.5. The lowest BCUT2D eigenvalue weighted by Crippen LogP contribution is -2.14. The van der Waals surface area contributed by atoms with Crippen LogP contribution >= 0.6 is 0 Å². The van der Waals surface area contributed by atoms with E-state index in [0.29, 0.717) is 11.0 Å². The van der Waals surface area contributed by atoms with Crippen molar-refractivity contribution in [2.45, 2.75) is 4.90 Å². The number of nitro benzene ring substituents is 2. The predicted molar refractivity (Wildman–Crippen MR) is 155 cm³/mol. The second kappa shape index (κ2) is 11.6. The van der Waals surface area contributed by atoms with E-state index in [1.165, 1.54) is 50.9 Å². The van der Waals surface area contributed by atoms with E-state index >= 15 is 0 Å². The third-order valence-corrected chi connectivity index (χ3v) is 7.53. The second-order valence-electron chi connectivity index (χ2n) is 8.85. The van der Waals surface area contributed by atoms with Crippen LogP contribution in [0.4, 0.5) is 28.6 Å². The number of rotatable bonds is 10. The number of carbonyl (C=O) groups excluding carboxylic acids is 1. The summed E-state index contributed by atoms with van der Waals surface area (Å²) in [5.74, 6) is -0.860. The Bertz CT molecular complexity index is 1990. The molecule has 0 saturated carbocycles. The fraction of sp³-hybridized carbons (Fsp3) is 0.0769. The van der Waals surface area contributed by atoms with Crippen LogP contribution in [-0.4, -0.2) is 57.9 Å². The summed E-state index contributed by atoms with van der Waals surface area (Å²) in [4.78, 5) is 47.2. The number of aromatic nitrogens is 4. The van der Waals surface area contributed by atoms with Crippen LogP contribution in [0.2, 0.25) is 0 Å². The molecule has 0 spiro atoms. The number of ether oxygens (including phenoxy) is 2. The summed E-state index contributed by atoms with van der Waals surface area (Å²) in [7, 11) is -1.57. The number of nitrogens with zero attached hydrogens (tertiary/aromatic N) is 6. The molecule has 0 fully saturated rings. The number of hydrogen-bond acceptors (Lipinski definition) is 13. The van der Waals surface area contributed by atoms with Crippen molar-refractivity contribution in [1.82, 2.24) is 19.5 Å². The van der Waals surface area contributed by atoms with Crippen LogP contribution in [0, 0.1) is 20.2 Å². The molecular formula is C26H20N8O9S. The van der Waals surface area contributed by atoms with E-state index in [9.17, 15) is 33.4 Å². The van der Waals surface area contributed by atoms with E-state index in [0.717, 1.165) is 16.7 Å². The molecule has 0 aliphatic carbocycles. The molecule has 0 saturated heterocycles. The van der Waals surface area contributed by atoms with Crippen LogP contribution in [0.1, 0.15) is 10.4 Å². The quantitative estimate of drug-likeness (QED) is 0.167. The first-order valence-electron chi connectivity index (χ1n) is 12.3. The Morgan fingerprint density at radius 2 is 1.57 bits per heavy atom. The van der Waals surface area contributed by atoms with Gasteiger partial charge in [0.25, 0.3) is 15.9 Å². The van der Waals surface area contributed by atoms with E-state index in [1.807, 2.05) is 0 Å². The van der Waals surface area contributed by atoms with Gasteiger partial charge in [-0.15, -0.1) is 0 Å². The van der Waals surface area contributed by atoms with Gasteiger partial charge in [-0.2, -0.15) is 9.97 Å². The zero-order chi connectivity index (χ0) is 31.6. The van der Waals surface area contributed by atoms with E-state index < -0.39 is 42.8 Å². The minimum absolute atomic E-state index is 0.0448. The number of hydrogen-bond donors (Lipinski definition) is 2. The number of nitrogens with one attached hydrogen (secondary N) is 2. The first-order valence-corrected chi connectivity index (χ1v) is 13.8. The molecule has 224 valence electrons. The van der Waals surface area contributed by atoms with Gasteiger partial charge in [-0.3, -0.25) is 34.3 Å². The molecule has 0 amide bonds. The summed E-state index contributed by atoms with van der Waals surface area (Å²) in [6.45, 7) is 0. The maximum Gasteiger partial charge on any atom is 0.321 e. The Kier molecular flexibility index (Phi) is 7.73. The molecule has 17 nitrogen and oxygen atoms in total. The largest absolute Gasteiger partial charge is 0.481 e. The molecule has 0 unspecified atom stereocenters. The van der Waals surface area contributed by atoms with Gasteiger partial charge in [0.05, 0.1) is 45.6 Å². The molecule has 2 aromatic heterocycles. The van der Waals surface area contributed by atoms with Crippen LogP contribution in [0.15, 0.2) is 78.0 Å². The average Bonchev–Trinajstić information content (AvgIpc) is 3.44. The monoisotopic (exact) mass is 620 g/mol. The van der Waals surface area contributed by atoms with Crippen molar-refractivity contribution in [3.05, 3.63) is 98.8 Å². The van der Waals surface area contributed by atoms with Crippen molar-refractivity contribution in [3.8, 4) is 11.9 Å². The number of benzene rings is 3. The van der Waals surface area contributed by atoms with Crippen LogP contribution < -0.4 is 19.5 Å². The molecule has 3 aromatic carbocycles. The highest BCUT2D eigenvalue weighted by molar-refractivity contribution is 7.92. The third kappa shape index (κ3) is 5.77. The van der Waals surface area contributed by atoms with Crippen molar-refractivity contribution < 1.29 is 32.5 Å². The van der Waals surface area contributed by atoms with Crippen molar-refractivity contribution in [2.24, 2.45) is 0 Å². The van der Waals surface area contributed by atoms with Crippen LogP contribution in [0.3, 0.4) is 0 Å². The molecule has 5 aromatic rings. The van der Waals surface area contributed by atoms with Crippen molar-refractivity contribution >= 4 is 55.5 Å². The summed E-state index contributed by atoms with van der Waals surface area (Å²) in [6.07, 6.45) is 1.22. The van der Waals surface area contributed by atoms with Crippen molar-refractivity contribution in [1.29, 1.82) is 0 Å². The topological polar surface area (TPSA) is 224 Å². The Morgan fingerprint density at radius 1 is 0.909 bits per heavy atom. The SMILES string of the molecule is COc1cc(NS(=O)(=O)c2ccc(Nc3c([N+](=O)[O-])cc(C(=O)n4cnc5ccccc54)cc3[N+](=O)[O-])cc2)nc(OC)n1. The smallest absolute Gasteiger partial charge is 0.321 e. The number of anilines is 3. The maximum absolute atomic E-state index is 13.2. The average molecular weight is 621 g/mol. The highest BCUT2D eigenvalue weighted by Gasteiger charge is 2.30. The van der Waals surface area contributed by atoms with Crippen LogP contribution in [0.25, 0.3) is 11.0 Å². The molecule has 5 rings (SSSR count). The fourth-order valence-electron chi connectivity index (χ4n) is 4.12. The number of para-hydroxylation sites is 2. The summed E-state index contributed by atoms with van der Waals surface area (Å²) in [6, 6.07) is 14.4. The number of imidazole rings is 1. The summed E-state index contributed by atoms with van der Waals surface area (Å²) >= 11 is 0. The molecule has 2 heterocycles. The normalized spacial score (nSPS) is 11.1. The van der Waals surface area contributed by atoms with E-state index in [2.05, 4.69) is 25.0 Å². The maximum atomic E-state index is 13.2. The van der Waals surface area contributed by atoms with Crippen molar-refractivity contribution in [2.75, 3.05) is 24.3 Å². The molecule has 18 heteroatoms.